The summed E-state index contributed by atoms with van der Waals surface area (Å²) in [6.45, 7) is 2.29. The van der Waals surface area contributed by atoms with Crippen LogP contribution in [0, 0.1) is 12.7 Å². The van der Waals surface area contributed by atoms with Crippen LogP contribution in [-0.2, 0) is 12.7 Å². The van der Waals surface area contributed by atoms with Crippen molar-refractivity contribution in [2.45, 2.75) is 19.6 Å². The molecule has 0 unspecified atom stereocenters. The maximum Gasteiger partial charge on any atom is 0.419 e. The lowest BCUT2D eigenvalue weighted by Crippen LogP contribution is -2.09. The second kappa shape index (κ2) is 6.05. The number of alkyl halides is 3. The summed E-state index contributed by atoms with van der Waals surface area (Å²) in [5, 5.41) is 2.86. The Morgan fingerprint density at radius 3 is 2.43 bits per heavy atom. The zero-order valence-electron chi connectivity index (χ0n) is 11.1. The van der Waals surface area contributed by atoms with E-state index in [1.807, 2.05) is 25.1 Å². The molecular weight excluding hydrogens is 350 g/mol. The monoisotopic (exact) mass is 361 g/mol. The number of rotatable bonds is 3. The first-order valence-corrected chi connectivity index (χ1v) is 6.92. The van der Waals surface area contributed by atoms with Gasteiger partial charge in [0.1, 0.15) is 5.82 Å². The van der Waals surface area contributed by atoms with E-state index in [0.717, 1.165) is 27.7 Å². The van der Waals surface area contributed by atoms with Gasteiger partial charge in [-0.15, -0.1) is 0 Å². The highest BCUT2D eigenvalue weighted by molar-refractivity contribution is 9.10. The summed E-state index contributed by atoms with van der Waals surface area (Å²) < 4.78 is 51.9. The molecule has 0 heterocycles. The fourth-order valence-electron chi connectivity index (χ4n) is 1.80. The van der Waals surface area contributed by atoms with Crippen LogP contribution in [-0.4, -0.2) is 0 Å². The molecule has 0 aliphatic carbocycles. The Morgan fingerprint density at radius 1 is 1.10 bits per heavy atom. The number of anilines is 1. The van der Waals surface area contributed by atoms with Crippen molar-refractivity contribution >= 4 is 21.6 Å². The highest BCUT2D eigenvalue weighted by Gasteiger charge is 2.34. The number of benzene rings is 2. The van der Waals surface area contributed by atoms with Crippen molar-refractivity contribution in [2.75, 3.05) is 5.32 Å². The smallest absolute Gasteiger partial charge is 0.381 e. The lowest BCUT2D eigenvalue weighted by atomic mass is 10.1. The van der Waals surface area contributed by atoms with Crippen molar-refractivity contribution in [3.05, 3.63) is 63.4 Å². The third-order valence-electron chi connectivity index (χ3n) is 3.00. The highest BCUT2D eigenvalue weighted by Crippen LogP contribution is 2.33. The van der Waals surface area contributed by atoms with E-state index in [0.29, 0.717) is 6.54 Å². The maximum atomic E-state index is 13.2. The van der Waals surface area contributed by atoms with Gasteiger partial charge in [-0.05, 0) is 42.3 Å². The number of hydrogen-bond donors (Lipinski definition) is 1. The van der Waals surface area contributed by atoms with Crippen molar-refractivity contribution in [3.8, 4) is 0 Å². The van der Waals surface area contributed by atoms with Gasteiger partial charge in [-0.1, -0.05) is 28.1 Å². The standard InChI is InChI=1S/C15H12BrF4N/c1-9-2-3-10(6-13(9)16)8-21-11-4-5-14(17)12(7-11)15(18,19)20/h2-7,21H,8H2,1H3. The minimum absolute atomic E-state index is 0.223. The minimum Gasteiger partial charge on any atom is -0.381 e. The third kappa shape index (κ3) is 3.97. The molecule has 0 spiro atoms. The van der Waals surface area contributed by atoms with E-state index in [-0.39, 0.29) is 5.69 Å². The second-order valence-corrected chi connectivity index (χ2v) is 5.48. The zero-order valence-corrected chi connectivity index (χ0v) is 12.6. The fraction of sp³-hybridized carbons (Fsp3) is 0.200. The van der Waals surface area contributed by atoms with Gasteiger partial charge >= 0.3 is 6.18 Å². The summed E-state index contributed by atoms with van der Waals surface area (Å²) in [6, 6.07) is 8.55. The first-order valence-electron chi connectivity index (χ1n) is 6.13. The molecule has 0 amide bonds. The average molecular weight is 362 g/mol. The Morgan fingerprint density at radius 2 is 1.81 bits per heavy atom. The molecule has 0 saturated heterocycles. The van der Waals surface area contributed by atoms with Crippen LogP contribution in [0.3, 0.4) is 0 Å². The SMILES string of the molecule is Cc1ccc(CNc2ccc(F)c(C(F)(F)F)c2)cc1Br. The molecule has 0 aliphatic heterocycles. The summed E-state index contributed by atoms with van der Waals surface area (Å²) >= 11 is 3.39. The highest BCUT2D eigenvalue weighted by atomic mass is 79.9. The first-order chi connectivity index (χ1) is 9.77. The average Bonchev–Trinajstić information content (AvgIpc) is 2.40. The molecule has 21 heavy (non-hydrogen) atoms. The predicted octanol–water partition coefficient (Wildman–Crippen LogP) is 5.53. The summed E-state index contributed by atoms with van der Waals surface area (Å²) in [5.74, 6) is -1.27. The van der Waals surface area contributed by atoms with Crippen LogP contribution in [0.25, 0.3) is 0 Å². The summed E-state index contributed by atoms with van der Waals surface area (Å²) in [4.78, 5) is 0. The van der Waals surface area contributed by atoms with Crippen molar-refractivity contribution < 1.29 is 17.6 Å². The van der Waals surface area contributed by atoms with E-state index in [1.54, 1.807) is 0 Å². The van der Waals surface area contributed by atoms with Crippen molar-refractivity contribution in [1.82, 2.24) is 0 Å². The van der Waals surface area contributed by atoms with Crippen LogP contribution in [0.2, 0.25) is 0 Å². The molecule has 0 saturated carbocycles. The first kappa shape index (κ1) is 15.8. The van der Waals surface area contributed by atoms with E-state index in [2.05, 4.69) is 21.2 Å². The molecule has 0 radical (unpaired) electrons. The normalized spacial score (nSPS) is 11.5. The molecule has 2 aromatic carbocycles. The van der Waals surface area contributed by atoms with Gasteiger partial charge in [0.15, 0.2) is 0 Å². The van der Waals surface area contributed by atoms with E-state index in [4.69, 9.17) is 0 Å². The van der Waals surface area contributed by atoms with Crippen molar-refractivity contribution in [3.63, 3.8) is 0 Å². The van der Waals surface area contributed by atoms with Crippen LogP contribution < -0.4 is 5.32 Å². The Bertz CT molecular complexity index is 653. The molecule has 0 atom stereocenters. The van der Waals surface area contributed by atoms with Crippen molar-refractivity contribution in [1.29, 1.82) is 0 Å². The molecule has 6 heteroatoms. The van der Waals surface area contributed by atoms with Gasteiger partial charge in [-0.3, -0.25) is 0 Å². The molecule has 2 rings (SSSR count). The van der Waals surface area contributed by atoms with E-state index < -0.39 is 17.6 Å². The van der Waals surface area contributed by atoms with Gasteiger partial charge < -0.3 is 5.32 Å². The molecule has 112 valence electrons. The number of aryl methyl sites for hydroxylation is 1. The largest absolute Gasteiger partial charge is 0.419 e. The van der Waals surface area contributed by atoms with Gasteiger partial charge in [-0.25, -0.2) is 4.39 Å². The Hall–Kier alpha value is -1.56. The minimum atomic E-state index is -4.70. The fourth-order valence-corrected chi connectivity index (χ4v) is 2.23. The Balaban J connectivity index is 2.15. The van der Waals surface area contributed by atoms with Crippen molar-refractivity contribution in [2.24, 2.45) is 0 Å². The quantitative estimate of drug-likeness (QED) is 0.709. The molecule has 0 aliphatic rings. The van der Waals surface area contributed by atoms with E-state index in [1.165, 1.54) is 6.07 Å². The molecule has 1 N–H and O–H groups in total. The van der Waals surface area contributed by atoms with E-state index in [9.17, 15) is 17.6 Å². The summed E-state index contributed by atoms with van der Waals surface area (Å²) in [7, 11) is 0. The molecule has 0 aromatic heterocycles. The molecule has 0 bridgehead atoms. The van der Waals surface area contributed by atoms with Crippen LogP contribution >= 0.6 is 15.9 Å². The Kier molecular flexibility index (Phi) is 4.56. The molecule has 1 nitrogen and oxygen atoms in total. The third-order valence-corrected chi connectivity index (χ3v) is 3.86. The van der Waals surface area contributed by atoms with Gasteiger partial charge in [0, 0.05) is 16.7 Å². The lowest BCUT2D eigenvalue weighted by Gasteiger charge is -2.12. The molecule has 0 fully saturated rings. The summed E-state index contributed by atoms with van der Waals surface area (Å²) in [5.41, 5.74) is 0.934. The maximum absolute atomic E-state index is 13.2. The predicted molar refractivity (Wildman–Crippen MR) is 77.6 cm³/mol. The van der Waals surface area contributed by atoms with Gasteiger partial charge in [-0.2, -0.15) is 13.2 Å². The van der Waals surface area contributed by atoms with Crippen LogP contribution in [0.4, 0.5) is 23.2 Å². The Labute approximate surface area is 128 Å². The zero-order chi connectivity index (χ0) is 15.6. The van der Waals surface area contributed by atoms with Crippen LogP contribution in [0.1, 0.15) is 16.7 Å². The van der Waals surface area contributed by atoms with E-state index >= 15 is 0 Å². The number of hydrogen-bond acceptors (Lipinski definition) is 1. The number of halogens is 5. The topological polar surface area (TPSA) is 12.0 Å². The number of nitrogens with one attached hydrogen (secondary N) is 1. The molecule has 2 aromatic rings. The lowest BCUT2D eigenvalue weighted by molar-refractivity contribution is -0.139. The summed E-state index contributed by atoms with van der Waals surface area (Å²) in [6.07, 6.45) is -4.70. The molecular formula is C15H12BrF4N. The van der Waals surface area contributed by atoms with Gasteiger partial charge in [0.2, 0.25) is 0 Å². The van der Waals surface area contributed by atoms with Crippen LogP contribution in [0.5, 0.6) is 0 Å². The van der Waals surface area contributed by atoms with Crippen LogP contribution in [0.15, 0.2) is 40.9 Å². The van der Waals surface area contributed by atoms with Gasteiger partial charge in [0.05, 0.1) is 5.56 Å². The van der Waals surface area contributed by atoms with Gasteiger partial charge in [0.25, 0.3) is 0 Å². The second-order valence-electron chi connectivity index (χ2n) is 4.63.